The number of halogens is 1. The lowest BCUT2D eigenvalue weighted by molar-refractivity contribution is 0.00466. The monoisotopic (exact) mass is 151 g/mol. The molecule has 0 aromatic carbocycles. The summed E-state index contributed by atoms with van der Waals surface area (Å²) < 4.78 is 15.9. The molecule has 1 amide bonds. The molecule has 5 heteroatoms. The fourth-order valence-corrected chi connectivity index (χ4v) is 0.387. The number of aliphatic hydroxyl groups is 1. The van der Waals surface area contributed by atoms with Crippen LogP contribution in [0.15, 0.2) is 0 Å². The third-order valence-electron chi connectivity index (χ3n) is 1.00. The van der Waals surface area contributed by atoms with Crippen LogP contribution in [0.2, 0.25) is 0 Å². The third kappa shape index (κ3) is 3.24. The third-order valence-corrected chi connectivity index (χ3v) is 1.00. The van der Waals surface area contributed by atoms with Crippen LogP contribution in [0.3, 0.4) is 0 Å². The Kier molecular flexibility index (Phi) is 3.71. The fraction of sp³-hybridized carbons (Fsp3) is 0.800. The lowest BCUT2D eigenvalue weighted by Gasteiger charge is -2.14. The normalized spacial score (nSPS) is 15.9. The summed E-state index contributed by atoms with van der Waals surface area (Å²) in [4.78, 5) is 10.00. The van der Waals surface area contributed by atoms with Crippen molar-refractivity contribution in [1.82, 2.24) is 0 Å². The van der Waals surface area contributed by atoms with E-state index in [0.717, 1.165) is 0 Å². The summed E-state index contributed by atoms with van der Waals surface area (Å²) in [6.07, 6.45) is -3.19. The van der Waals surface area contributed by atoms with Gasteiger partial charge < -0.3 is 15.6 Å². The molecule has 0 fully saturated rings. The maximum absolute atomic E-state index is 11.6. The molecule has 0 aromatic rings. The van der Waals surface area contributed by atoms with Gasteiger partial charge in [0.2, 0.25) is 0 Å². The van der Waals surface area contributed by atoms with E-state index < -0.39 is 25.0 Å². The Morgan fingerprint density at radius 3 is 2.70 bits per heavy atom. The van der Waals surface area contributed by atoms with Crippen LogP contribution >= 0.6 is 0 Å². The van der Waals surface area contributed by atoms with Gasteiger partial charge in [-0.05, 0) is 6.92 Å². The Morgan fingerprint density at radius 2 is 2.40 bits per heavy atom. The molecule has 0 radical (unpaired) electrons. The highest BCUT2D eigenvalue weighted by Crippen LogP contribution is 1.98. The van der Waals surface area contributed by atoms with Crippen LogP contribution in [0, 0.1) is 0 Å². The minimum absolute atomic E-state index is 0.887. The average molecular weight is 151 g/mol. The van der Waals surface area contributed by atoms with Gasteiger partial charge in [0.1, 0.15) is 18.9 Å². The first-order chi connectivity index (χ1) is 4.57. The minimum Gasteiger partial charge on any atom is -0.444 e. The predicted molar refractivity (Wildman–Crippen MR) is 32.1 cm³/mol. The molecule has 0 aromatic heterocycles. The van der Waals surface area contributed by atoms with E-state index in [-0.39, 0.29) is 0 Å². The second kappa shape index (κ2) is 4.05. The number of aliphatic hydroxyl groups excluding tert-OH is 1. The van der Waals surface area contributed by atoms with Gasteiger partial charge in [-0.15, -0.1) is 0 Å². The number of rotatable bonds is 3. The molecule has 0 aliphatic heterocycles. The SMILES string of the molecule is CC(OC(N)=O)C(O)CF. The number of amides is 1. The van der Waals surface area contributed by atoms with Gasteiger partial charge in [0.15, 0.2) is 0 Å². The summed E-state index contributed by atoms with van der Waals surface area (Å²) in [6, 6.07) is 0. The molecule has 10 heavy (non-hydrogen) atoms. The fourth-order valence-electron chi connectivity index (χ4n) is 0.387. The van der Waals surface area contributed by atoms with Crippen LogP contribution in [-0.2, 0) is 4.74 Å². The molecular weight excluding hydrogens is 141 g/mol. The smallest absolute Gasteiger partial charge is 0.404 e. The van der Waals surface area contributed by atoms with Crippen LogP contribution < -0.4 is 5.73 Å². The zero-order valence-electron chi connectivity index (χ0n) is 5.58. The molecule has 0 heterocycles. The molecule has 0 aliphatic carbocycles. The molecule has 2 unspecified atom stereocenters. The van der Waals surface area contributed by atoms with Crippen molar-refractivity contribution in [1.29, 1.82) is 0 Å². The van der Waals surface area contributed by atoms with E-state index in [2.05, 4.69) is 10.5 Å². The lowest BCUT2D eigenvalue weighted by atomic mass is 10.2. The number of carbonyl (C=O) groups excluding carboxylic acids is 1. The van der Waals surface area contributed by atoms with Crippen molar-refractivity contribution in [2.75, 3.05) is 6.67 Å². The highest BCUT2D eigenvalue weighted by molar-refractivity contribution is 5.64. The van der Waals surface area contributed by atoms with E-state index in [0.29, 0.717) is 0 Å². The number of hydrogen-bond acceptors (Lipinski definition) is 3. The lowest BCUT2D eigenvalue weighted by Crippen LogP contribution is -2.32. The number of primary amides is 1. The summed E-state index contributed by atoms with van der Waals surface area (Å²) in [5.41, 5.74) is 4.59. The quantitative estimate of drug-likeness (QED) is 0.586. The van der Waals surface area contributed by atoms with Gasteiger partial charge in [0.25, 0.3) is 0 Å². The molecule has 4 nitrogen and oxygen atoms in total. The Balaban J connectivity index is 3.61. The molecule has 0 saturated heterocycles. The van der Waals surface area contributed by atoms with Gasteiger partial charge in [-0.1, -0.05) is 0 Å². The molecule has 0 rings (SSSR count). The van der Waals surface area contributed by atoms with Crippen molar-refractivity contribution in [2.45, 2.75) is 19.1 Å². The maximum atomic E-state index is 11.6. The molecule has 0 aliphatic rings. The van der Waals surface area contributed by atoms with Crippen molar-refractivity contribution >= 4 is 6.09 Å². The Bertz CT molecular complexity index is 119. The first kappa shape index (κ1) is 9.16. The summed E-state index contributed by atoms with van der Waals surface area (Å²) in [6.45, 7) is 0.406. The topological polar surface area (TPSA) is 72.5 Å². The molecule has 60 valence electrons. The van der Waals surface area contributed by atoms with Crippen molar-refractivity contribution < 1.29 is 19.0 Å². The van der Waals surface area contributed by atoms with E-state index in [1.807, 2.05) is 0 Å². The molecule has 3 N–H and O–H groups in total. The van der Waals surface area contributed by atoms with Crippen LogP contribution in [0.4, 0.5) is 9.18 Å². The number of nitrogens with two attached hydrogens (primary N) is 1. The van der Waals surface area contributed by atoms with Crippen LogP contribution in [0.25, 0.3) is 0 Å². The number of alkyl halides is 1. The van der Waals surface area contributed by atoms with Crippen molar-refractivity contribution in [3.63, 3.8) is 0 Å². The largest absolute Gasteiger partial charge is 0.444 e. The van der Waals surface area contributed by atoms with Gasteiger partial charge >= 0.3 is 6.09 Å². The minimum atomic E-state index is -1.28. The molecule has 0 spiro atoms. The standard InChI is InChI=1S/C5H10FNO3/c1-3(4(8)2-6)10-5(7)9/h3-4,8H,2H2,1H3,(H2,7,9). The average Bonchev–Trinajstić information content (AvgIpc) is 1.85. The zero-order valence-corrected chi connectivity index (χ0v) is 5.58. The number of hydrogen-bond donors (Lipinski definition) is 2. The first-order valence-corrected chi connectivity index (χ1v) is 2.78. The van der Waals surface area contributed by atoms with Crippen molar-refractivity contribution in [2.24, 2.45) is 5.73 Å². The molecular formula is C5H10FNO3. The summed E-state index contributed by atoms with van der Waals surface area (Å²) in [5, 5.41) is 8.67. The second-order valence-corrected chi connectivity index (χ2v) is 1.86. The van der Waals surface area contributed by atoms with E-state index >= 15 is 0 Å². The highest BCUT2D eigenvalue weighted by atomic mass is 19.1. The zero-order chi connectivity index (χ0) is 8.15. The highest BCUT2D eigenvalue weighted by Gasteiger charge is 2.16. The second-order valence-electron chi connectivity index (χ2n) is 1.86. The van der Waals surface area contributed by atoms with Gasteiger partial charge in [0, 0.05) is 0 Å². The molecule has 0 bridgehead atoms. The molecule has 2 atom stereocenters. The van der Waals surface area contributed by atoms with Crippen molar-refractivity contribution in [3.8, 4) is 0 Å². The first-order valence-electron chi connectivity index (χ1n) is 2.78. The van der Waals surface area contributed by atoms with Gasteiger partial charge in [-0.25, -0.2) is 9.18 Å². The van der Waals surface area contributed by atoms with E-state index in [9.17, 15) is 9.18 Å². The number of ether oxygens (including phenoxy) is 1. The van der Waals surface area contributed by atoms with Gasteiger partial charge in [-0.2, -0.15) is 0 Å². The van der Waals surface area contributed by atoms with Crippen LogP contribution in [0.1, 0.15) is 6.92 Å². The Morgan fingerprint density at radius 1 is 1.90 bits per heavy atom. The number of carbonyl (C=O) groups is 1. The van der Waals surface area contributed by atoms with Gasteiger partial charge in [-0.3, -0.25) is 0 Å². The summed E-state index contributed by atoms with van der Waals surface area (Å²) >= 11 is 0. The van der Waals surface area contributed by atoms with E-state index in [1.165, 1.54) is 6.92 Å². The summed E-state index contributed by atoms with van der Waals surface area (Å²) in [5.74, 6) is 0. The molecule has 0 saturated carbocycles. The summed E-state index contributed by atoms with van der Waals surface area (Å²) in [7, 11) is 0. The Hall–Kier alpha value is -0.840. The van der Waals surface area contributed by atoms with Crippen LogP contribution in [-0.4, -0.2) is 30.1 Å². The van der Waals surface area contributed by atoms with Crippen LogP contribution in [0.5, 0.6) is 0 Å². The maximum Gasteiger partial charge on any atom is 0.404 e. The van der Waals surface area contributed by atoms with E-state index in [4.69, 9.17) is 5.11 Å². The Labute approximate surface area is 57.8 Å². The van der Waals surface area contributed by atoms with Gasteiger partial charge in [0.05, 0.1) is 0 Å². The predicted octanol–water partition coefficient (Wildman–Crippen LogP) is -0.199. The van der Waals surface area contributed by atoms with Crippen molar-refractivity contribution in [3.05, 3.63) is 0 Å². The van der Waals surface area contributed by atoms with E-state index in [1.54, 1.807) is 0 Å².